The van der Waals surface area contributed by atoms with Gasteiger partial charge >= 0.3 is 6.09 Å². The third-order valence-corrected chi connectivity index (χ3v) is 4.78. The van der Waals surface area contributed by atoms with E-state index in [1.165, 1.54) is 5.56 Å². The van der Waals surface area contributed by atoms with Crippen LogP contribution in [-0.4, -0.2) is 35.1 Å². The number of carboxylic acid groups (broad SMARTS) is 1. The van der Waals surface area contributed by atoms with Gasteiger partial charge in [0.05, 0.1) is 0 Å². The highest BCUT2D eigenvalue weighted by molar-refractivity contribution is 5.95. The van der Waals surface area contributed by atoms with Gasteiger partial charge in [-0.05, 0) is 48.1 Å². The molecule has 6 heteroatoms. The zero-order valence-electron chi connectivity index (χ0n) is 14.5. The van der Waals surface area contributed by atoms with E-state index in [1.54, 1.807) is 24.3 Å². The number of anilines is 1. The van der Waals surface area contributed by atoms with Crippen molar-refractivity contribution in [3.05, 3.63) is 65.2 Å². The van der Waals surface area contributed by atoms with Gasteiger partial charge in [-0.1, -0.05) is 30.3 Å². The first-order valence-electron chi connectivity index (χ1n) is 8.73. The van der Waals surface area contributed by atoms with E-state index in [9.17, 15) is 9.59 Å². The van der Waals surface area contributed by atoms with Gasteiger partial charge in [0.2, 0.25) is 0 Å². The van der Waals surface area contributed by atoms with Crippen molar-refractivity contribution in [2.24, 2.45) is 0 Å². The average molecular weight is 353 g/mol. The molecule has 0 aromatic heterocycles. The first-order valence-corrected chi connectivity index (χ1v) is 8.73. The molecule has 1 aliphatic rings. The second-order valence-corrected chi connectivity index (χ2v) is 6.60. The summed E-state index contributed by atoms with van der Waals surface area (Å²) in [5.41, 5.74) is 9.14. The van der Waals surface area contributed by atoms with Crippen LogP contribution in [0.5, 0.6) is 0 Å². The minimum absolute atomic E-state index is 0.0233. The Labute approximate surface area is 152 Å². The van der Waals surface area contributed by atoms with Gasteiger partial charge in [-0.25, -0.2) is 4.79 Å². The third kappa shape index (κ3) is 4.33. The fourth-order valence-corrected chi connectivity index (χ4v) is 3.40. The quantitative estimate of drug-likeness (QED) is 0.736. The van der Waals surface area contributed by atoms with E-state index >= 15 is 0 Å². The van der Waals surface area contributed by atoms with E-state index in [4.69, 9.17) is 10.8 Å². The summed E-state index contributed by atoms with van der Waals surface area (Å²) in [6, 6.07) is 15.1. The van der Waals surface area contributed by atoms with Crippen LogP contribution < -0.4 is 11.1 Å². The first kappa shape index (κ1) is 17.8. The van der Waals surface area contributed by atoms with Crippen LogP contribution in [0.25, 0.3) is 0 Å². The molecule has 0 saturated carbocycles. The number of nitrogens with zero attached hydrogens (tertiary/aromatic N) is 1. The highest BCUT2D eigenvalue weighted by atomic mass is 16.4. The van der Waals surface area contributed by atoms with Crippen molar-refractivity contribution in [3.8, 4) is 0 Å². The molecule has 1 aliphatic heterocycles. The lowest BCUT2D eigenvalue weighted by Crippen LogP contribution is -2.38. The Morgan fingerprint density at radius 2 is 1.85 bits per heavy atom. The van der Waals surface area contributed by atoms with Crippen molar-refractivity contribution in [2.45, 2.75) is 25.3 Å². The van der Waals surface area contributed by atoms with Crippen LogP contribution in [0.3, 0.4) is 0 Å². The molecule has 3 rings (SSSR count). The van der Waals surface area contributed by atoms with Gasteiger partial charge in [-0.2, -0.15) is 0 Å². The lowest BCUT2D eigenvalue weighted by Gasteiger charge is -2.32. The standard InChI is InChI=1S/C20H23N3O3/c21-18-6-2-5-17(12-18)19(24)23-9-7-15(8-10-23)16-4-1-3-14(11-16)13-22-20(25)26/h1-6,11-12,15,22H,7-10,13,21H2,(H,25,26). The van der Waals surface area contributed by atoms with Crippen molar-refractivity contribution >= 4 is 17.7 Å². The molecule has 26 heavy (non-hydrogen) atoms. The summed E-state index contributed by atoms with van der Waals surface area (Å²) in [6.07, 6.45) is 0.761. The van der Waals surface area contributed by atoms with Crippen molar-refractivity contribution in [3.63, 3.8) is 0 Å². The molecule has 2 aromatic rings. The molecule has 2 amide bonds. The smallest absolute Gasteiger partial charge is 0.404 e. The molecule has 0 aliphatic carbocycles. The van der Waals surface area contributed by atoms with Gasteiger partial charge in [-0.3, -0.25) is 4.79 Å². The Morgan fingerprint density at radius 1 is 1.12 bits per heavy atom. The number of piperidine rings is 1. The van der Waals surface area contributed by atoms with Crippen molar-refractivity contribution < 1.29 is 14.7 Å². The van der Waals surface area contributed by atoms with E-state index in [0.717, 1.165) is 18.4 Å². The van der Waals surface area contributed by atoms with Crippen molar-refractivity contribution in [2.75, 3.05) is 18.8 Å². The zero-order valence-corrected chi connectivity index (χ0v) is 14.5. The van der Waals surface area contributed by atoms with Crippen LogP contribution in [0, 0.1) is 0 Å². The van der Waals surface area contributed by atoms with E-state index in [0.29, 0.717) is 36.8 Å². The second-order valence-electron chi connectivity index (χ2n) is 6.60. The molecular weight excluding hydrogens is 330 g/mol. The highest BCUT2D eigenvalue weighted by Crippen LogP contribution is 2.29. The molecule has 0 radical (unpaired) electrons. The summed E-state index contributed by atoms with van der Waals surface area (Å²) in [4.78, 5) is 25.1. The number of hydrogen-bond donors (Lipinski definition) is 3. The average Bonchev–Trinajstić information content (AvgIpc) is 2.66. The summed E-state index contributed by atoms with van der Waals surface area (Å²) in [6.45, 7) is 1.71. The van der Waals surface area contributed by atoms with Gasteiger partial charge in [0.15, 0.2) is 0 Å². The number of carbonyl (C=O) groups is 2. The first-order chi connectivity index (χ1) is 12.5. The topological polar surface area (TPSA) is 95.7 Å². The van der Waals surface area contributed by atoms with Crippen LogP contribution >= 0.6 is 0 Å². The summed E-state index contributed by atoms with van der Waals surface area (Å²) < 4.78 is 0. The number of likely N-dealkylation sites (tertiary alicyclic amines) is 1. The highest BCUT2D eigenvalue weighted by Gasteiger charge is 2.24. The summed E-state index contributed by atoms with van der Waals surface area (Å²) >= 11 is 0. The van der Waals surface area contributed by atoms with Gasteiger partial charge in [-0.15, -0.1) is 0 Å². The number of nitrogen functional groups attached to an aromatic ring is 1. The van der Waals surface area contributed by atoms with Crippen LogP contribution in [0.15, 0.2) is 48.5 Å². The minimum Gasteiger partial charge on any atom is -0.465 e. The molecule has 0 bridgehead atoms. The molecule has 4 N–H and O–H groups in total. The van der Waals surface area contributed by atoms with E-state index in [-0.39, 0.29) is 5.91 Å². The maximum absolute atomic E-state index is 12.6. The van der Waals surface area contributed by atoms with Crippen LogP contribution in [0.4, 0.5) is 10.5 Å². The van der Waals surface area contributed by atoms with Crippen LogP contribution in [0.2, 0.25) is 0 Å². The van der Waals surface area contributed by atoms with Crippen LogP contribution in [0.1, 0.15) is 40.2 Å². The molecule has 6 nitrogen and oxygen atoms in total. The molecule has 0 spiro atoms. The van der Waals surface area contributed by atoms with Gasteiger partial charge in [0.25, 0.3) is 5.91 Å². The van der Waals surface area contributed by atoms with Crippen molar-refractivity contribution in [1.29, 1.82) is 0 Å². The number of carbonyl (C=O) groups excluding carboxylic acids is 1. The van der Waals surface area contributed by atoms with Crippen molar-refractivity contribution in [1.82, 2.24) is 10.2 Å². The minimum atomic E-state index is -1.02. The molecular formula is C20H23N3O3. The monoisotopic (exact) mass is 353 g/mol. The Bertz CT molecular complexity index is 798. The fourth-order valence-electron chi connectivity index (χ4n) is 3.40. The lowest BCUT2D eigenvalue weighted by molar-refractivity contribution is 0.0713. The zero-order chi connectivity index (χ0) is 18.5. The largest absolute Gasteiger partial charge is 0.465 e. The predicted octanol–water partition coefficient (Wildman–Crippen LogP) is 3.06. The number of nitrogens with one attached hydrogen (secondary N) is 1. The molecule has 0 atom stereocenters. The van der Waals surface area contributed by atoms with E-state index in [1.807, 2.05) is 17.0 Å². The number of nitrogens with two attached hydrogens (primary N) is 1. The van der Waals surface area contributed by atoms with E-state index < -0.39 is 6.09 Å². The molecule has 0 unspecified atom stereocenters. The Hall–Kier alpha value is -3.02. The normalized spacial score (nSPS) is 14.8. The number of amides is 2. The number of benzene rings is 2. The Morgan fingerprint density at radius 3 is 2.54 bits per heavy atom. The van der Waals surface area contributed by atoms with Crippen LogP contribution in [-0.2, 0) is 6.54 Å². The number of rotatable bonds is 4. The Balaban J connectivity index is 1.61. The molecule has 2 aromatic carbocycles. The lowest BCUT2D eigenvalue weighted by atomic mass is 9.88. The maximum atomic E-state index is 12.6. The fraction of sp³-hybridized carbons (Fsp3) is 0.300. The molecule has 1 heterocycles. The van der Waals surface area contributed by atoms with Gasteiger partial charge in [0.1, 0.15) is 0 Å². The SMILES string of the molecule is Nc1cccc(C(=O)N2CCC(c3cccc(CNC(=O)O)c3)CC2)c1. The maximum Gasteiger partial charge on any atom is 0.404 e. The van der Waals surface area contributed by atoms with Gasteiger partial charge < -0.3 is 21.1 Å². The second kappa shape index (κ2) is 7.91. The third-order valence-electron chi connectivity index (χ3n) is 4.78. The summed E-state index contributed by atoms with van der Waals surface area (Å²) in [7, 11) is 0. The summed E-state index contributed by atoms with van der Waals surface area (Å²) in [5.74, 6) is 0.403. The molecule has 1 fully saturated rings. The molecule has 136 valence electrons. The predicted molar refractivity (Wildman–Crippen MR) is 100 cm³/mol. The molecule has 1 saturated heterocycles. The Kier molecular flexibility index (Phi) is 5.41. The summed E-state index contributed by atoms with van der Waals surface area (Å²) in [5, 5.41) is 11.1. The van der Waals surface area contributed by atoms with E-state index in [2.05, 4.69) is 17.4 Å². The van der Waals surface area contributed by atoms with Gasteiger partial charge in [0, 0.05) is 30.9 Å². The number of hydrogen-bond acceptors (Lipinski definition) is 3.